The van der Waals surface area contributed by atoms with Gasteiger partial charge in [0.1, 0.15) is 30.1 Å². The molecule has 0 saturated carbocycles. The molecule has 6 rings (SSSR count). The Morgan fingerprint density at radius 1 is 1.00 bits per heavy atom. The summed E-state index contributed by atoms with van der Waals surface area (Å²) in [6, 6.07) is 2.22. The molecular formula is C50H66ClN5O16S2. The van der Waals surface area contributed by atoms with Crippen molar-refractivity contribution in [3.05, 3.63) is 52.1 Å². The number of nitrogens with one attached hydrogen (secondary N) is 1. The van der Waals surface area contributed by atoms with Crippen molar-refractivity contribution in [2.45, 2.75) is 119 Å². The van der Waals surface area contributed by atoms with Gasteiger partial charge in [-0.3, -0.25) is 43.9 Å². The van der Waals surface area contributed by atoms with Crippen LogP contribution in [0.4, 0.5) is 10.5 Å². The van der Waals surface area contributed by atoms with Gasteiger partial charge in [0.25, 0.3) is 0 Å². The first-order valence-corrected chi connectivity index (χ1v) is 27.1. The van der Waals surface area contributed by atoms with Crippen LogP contribution in [0.1, 0.15) is 70.9 Å². The van der Waals surface area contributed by atoms with Gasteiger partial charge in [0, 0.05) is 51.4 Å². The minimum atomic E-state index is -2.04. The Hall–Kier alpha value is -4.88. The maximum absolute atomic E-state index is 14.3. The molecule has 4 bridgehead atoms. The number of aldehydes is 1. The molecule has 10 atom stereocenters. The van der Waals surface area contributed by atoms with Crippen molar-refractivity contribution >= 4 is 94.6 Å². The first-order valence-electron chi connectivity index (χ1n) is 24.4. The largest absolute Gasteiger partial charge is 0.457 e. The molecule has 0 aromatic heterocycles. The predicted molar refractivity (Wildman–Crippen MR) is 272 cm³/mol. The Morgan fingerprint density at radius 3 is 2.24 bits per heavy atom. The molecule has 24 heteroatoms. The number of amides is 7. The Kier molecular flexibility index (Phi) is 20.0. The molecule has 5 aliphatic heterocycles. The van der Waals surface area contributed by atoms with Crippen LogP contribution in [0, 0.1) is 11.8 Å². The molecule has 406 valence electrons. The van der Waals surface area contributed by atoms with Crippen molar-refractivity contribution in [1.29, 1.82) is 0 Å². The van der Waals surface area contributed by atoms with Gasteiger partial charge in [-0.05, 0) is 50.6 Å². The smallest absolute Gasteiger partial charge is 0.409 e. The fourth-order valence-electron chi connectivity index (χ4n) is 9.40. The lowest BCUT2D eigenvalue weighted by atomic mass is 9.82. The van der Waals surface area contributed by atoms with E-state index in [2.05, 4.69) is 5.32 Å². The number of esters is 1. The molecule has 74 heavy (non-hydrogen) atoms. The first-order chi connectivity index (χ1) is 35.1. The molecular weight excluding hydrogens is 1030 g/mol. The molecule has 7 amide bonds. The van der Waals surface area contributed by atoms with Gasteiger partial charge in [0.15, 0.2) is 5.72 Å². The van der Waals surface area contributed by atoms with Gasteiger partial charge >= 0.3 is 12.1 Å². The molecule has 1 aromatic carbocycles. The number of nitrogens with zero attached hydrogens (tertiary/aromatic N) is 4. The number of aliphatic hydroxyl groups excluding tert-OH is 1. The van der Waals surface area contributed by atoms with Crippen LogP contribution in [0.15, 0.2) is 35.9 Å². The third-order valence-electron chi connectivity index (χ3n) is 14.2. The van der Waals surface area contributed by atoms with E-state index in [0.29, 0.717) is 23.8 Å². The highest BCUT2D eigenvalue weighted by molar-refractivity contribution is 8.00. The van der Waals surface area contributed by atoms with Crippen molar-refractivity contribution in [3.63, 3.8) is 0 Å². The van der Waals surface area contributed by atoms with Crippen molar-refractivity contribution in [2.75, 3.05) is 70.5 Å². The second-order valence-corrected chi connectivity index (χ2v) is 22.0. The average Bonchev–Trinajstić information content (AvgIpc) is 3.88. The number of benzene rings is 1. The van der Waals surface area contributed by atoms with Crippen LogP contribution < -0.4 is 10.2 Å². The number of halogens is 1. The topological polar surface area (TPSA) is 269 Å². The lowest BCUT2D eigenvalue weighted by molar-refractivity contribution is -0.162. The van der Waals surface area contributed by atoms with Gasteiger partial charge in [-0.2, -0.15) is 11.8 Å². The maximum atomic E-state index is 14.3. The molecule has 1 aromatic rings. The zero-order chi connectivity index (χ0) is 54.2. The number of carbonyl (C=O) groups is 9. The molecule has 4 saturated heterocycles. The number of imide groups is 2. The summed E-state index contributed by atoms with van der Waals surface area (Å²) in [5.41, 5.74) is -1.28. The summed E-state index contributed by atoms with van der Waals surface area (Å²) in [4.78, 5) is 122. The number of fused-ring (bicyclic) bond motifs is 5. The summed E-state index contributed by atoms with van der Waals surface area (Å²) >= 11 is 9.24. The highest BCUT2D eigenvalue weighted by Gasteiger charge is 2.64. The molecule has 4 fully saturated rings. The Bertz CT molecular complexity index is 2410. The number of likely N-dealkylation sites (N-methyl/N-ethyl adjacent to an activating group) is 1. The minimum absolute atomic E-state index is 0.0210. The number of hydrogen-bond acceptors (Lipinski definition) is 18. The SMILES string of the molecule is CSC1CC(=O)N(CCOCCOCCN2C(=O)CC(SCCC(=O)N(C)[C@@H](C)C(=O)O[C@H]3CC(=O)N(C)c4cc(cc(CO)c4Cl)C/C(C)=C/C=C/[C@@H](C=O)[C@@]4(O)C[C@H](OC(=O)N4)[C@@H](C)[C@@H]4O[C@@]34C)C2=O)C1=O. The van der Waals surface area contributed by atoms with Crippen LogP contribution in [-0.2, 0) is 75.1 Å². The number of aliphatic hydroxyl groups is 2. The highest BCUT2D eigenvalue weighted by atomic mass is 35.5. The van der Waals surface area contributed by atoms with Crippen LogP contribution in [-0.4, -0.2) is 191 Å². The molecule has 0 radical (unpaired) electrons. The summed E-state index contributed by atoms with van der Waals surface area (Å²) in [6.45, 7) is 6.92. The van der Waals surface area contributed by atoms with E-state index in [1.165, 1.54) is 53.6 Å². The van der Waals surface area contributed by atoms with Gasteiger partial charge in [-0.15, -0.1) is 11.8 Å². The summed E-state index contributed by atoms with van der Waals surface area (Å²) in [5.74, 6) is -4.82. The lowest BCUT2D eigenvalue weighted by Gasteiger charge is -2.41. The second-order valence-electron chi connectivity index (χ2n) is 19.3. The maximum Gasteiger partial charge on any atom is 0.409 e. The number of thioether (sulfide) groups is 2. The van der Waals surface area contributed by atoms with Crippen LogP contribution in [0.2, 0.25) is 5.02 Å². The van der Waals surface area contributed by atoms with E-state index in [9.17, 15) is 53.4 Å². The van der Waals surface area contributed by atoms with E-state index in [4.69, 9.17) is 35.3 Å². The predicted octanol–water partition coefficient (Wildman–Crippen LogP) is 2.57. The quantitative estimate of drug-likeness (QED) is 0.0591. The third kappa shape index (κ3) is 13.6. The lowest BCUT2D eigenvalue weighted by Crippen LogP contribution is -2.61. The fourth-order valence-corrected chi connectivity index (χ4v) is 11.4. The Balaban J connectivity index is 1.06. The number of epoxide rings is 1. The van der Waals surface area contributed by atoms with Crippen LogP contribution in [0.25, 0.3) is 0 Å². The molecule has 5 aliphatic rings. The Labute approximate surface area is 443 Å². The van der Waals surface area contributed by atoms with E-state index < -0.39 is 95.6 Å². The fraction of sp³-hybridized carbons (Fsp3) is 0.620. The second kappa shape index (κ2) is 25.3. The number of carbonyl (C=O) groups excluding carboxylic acids is 9. The first kappa shape index (κ1) is 58.4. The number of allylic oxidation sites excluding steroid dienone is 3. The van der Waals surface area contributed by atoms with Gasteiger partial charge < -0.3 is 48.5 Å². The van der Waals surface area contributed by atoms with Gasteiger partial charge in [-0.1, -0.05) is 48.4 Å². The van der Waals surface area contributed by atoms with Crippen LogP contribution in [0.5, 0.6) is 0 Å². The number of hydrogen-bond donors (Lipinski definition) is 3. The number of ether oxygens (including phenoxy) is 5. The van der Waals surface area contributed by atoms with Crippen molar-refractivity contribution in [1.82, 2.24) is 20.0 Å². The Morgan fingerprint density at radius 2 is 1.64 bits per heavy atom. The van der Waals surface area contributed by atoms with E-state index in [-0.39, 0.29) is 105 Å². The number of alkyl carbamates (subject to hydrolysis) is 1. The monoisotopic (exact) mass is 1090 g/mol. The summed E-state index contributed by atoms with van der Waals surface area (Å²) in [7, 11) is 2.91. The van der Waals surface area contributed by atoms with Crippen LogP contribution in [0.3, 0.4) is 0 Å². The van der Waals surface area contributed by atoms with Gasteiger partial charge in [0.05, 0.1) is 85.8 Å². The van der Waals surface area contributed by atoms with Crippen molar-refractivity contribution in [3.8, 4) is 0 Å². The number of anilines is 1. The molecule has 0 aliphatic carbocycles. The minimum Gasteiger partial charge on any atom is -0.457 e. The van der Waals surface area contributed by atoms with Crippen molar-refractivity contribution in [2.24, 2.45) is 11.8 Å². The summed E-state index contributed by atoms with van der Waals surface area (Å²) in [6.07, 6.45) is 2.73. The van der Waals surface area contributed by atoms with Gasteiger partial charge in [-0.25, -0.2) is 9.59 Å². The normalized spacial score (nSPS) is 30.1. The van der Waals surface area contributed by atoms with E-state index in [0.717, 1.165) is 22.2 Å². The average molecular weight is 1090 g/mol. The summed E-state index contributed by atoms with van der Waals surface area (Å²) < 4.78 is 29.0. The molecule has 0 spiro atoms. The summed E-state index contributed by atoms with van der Waals surface area (Å²) in [5, 5.41) is 23.4. The molecule has 21 nitrogen and oxygen atoms in total. The van der Waals surface area contributed by atoms with Crippen LogP contribution >= 0.6 is 35.1 Å². The molecule has 2 unspecified atom stereocenters. The van der Waals surface area contributed by atoms with E-state index in [1.54, 1.807) is 44.4 Å². The van der Waals surface area contributed by atoms with Gasteiger partial charge in [0.2, 0.25) is 35.4 Å². The zero-order valence-electron chi connectivity index (χ0n) is 42.6. The van der Waals surface area contributed by atoms with E-state index in [1.807, 2.05) is 6.92 Å². The van der Waals surface area contributed by atoms with E-state index >= 15 is 0 Å². The molecule has 5 heterocycles. The standard InChI is InChI=1S/C50H66ClN5O16S2/c1-28-9-8-10-33(27-58)50(67)25-35(70-48(66)52-50)29(2)44-49(4,72-44)38(24-40(60)54(6)34-21-31(19-28)20-32(26-57)43(34)51)71-47(65)30(3)53(5)39(59)11-18-74-37-23-42(62)56(46(37)64)13-15-69-17-16-68-14-12-55-41(61)22-36(73-7)45(55)63/h8-10,20-21,27,29-30,33,35-38,44,57,67H,11-19,22-26H2,1-7H3,(H,52,66)/b10-8+,28-9+/t29-,30+,33+,35+,36?,37?,38+,44+,49+,50+/m1/s1. The molecule has 3 N–H and O–H groups in total. The third-order valence-corrected chi connectivity index (χ3v) is 16.8. The highest BCUT2D eigenvalue weighted by Crippen LogP contribution is 2.49. The number of rotatable bonds is 19. The number of likely N-dealkylation sites (tertiary alicyclic amines) is 2. The zero-order valence-corrected chi connectivity index (χ0v) is 45.0. The van der Waals surface area contributed by atoms with Crippen molar-refractivity contribution < 1.29 is 77.0 Å².